The summed E-state index contributed by atoms with van der Waals surface area (Å²) in [4.78, 5) is 16.2. The van der Waals surface area contributed by atoms with Gasteiger partial charge in [0, 0.05) is 13.1 Å². The Kier molecular flexibility index (Phi) is 6.05. The number of likely N-dealkylation sites (tertiary alicyclic amines) is 1. The number of ether oxygens (including phenoxy) is 1. The predicted octanol–water partition coefficient (Wildman–Crippen LogP) is 2.99. The summed E-state index contributed by atoms with van der Waals surface area (Å²) >= 11 is 0. The molecule has 1 atom stereocenters. The average Bonchev–Trinajstić information content (AvgIpc) is 2.52. The van der Waals surface area contributed by atoms with E-state index < -0.39 is 0 Å². The maximum absolute atomic E-state index is 12.1. The number of hydrogen-bond donors (Lipinski definition) is 0. The minimum atomic E-state index is -0.173. The van der Waals surface area contributed by atoms with Crippen LogP contribution in [-0.2, 0) is 11.3 Å². The zero-order chi connectivity index (χ0) is 15.1. The van der Waals surface area contributed by atoms with E-state index in [0.29, 0.717) is 12.5 Å². The molecule has 0 saturated carbocycles. The molecule has 21 heavy (non-hydrogen) atoms. The Labute approximate surface area is 127 Å². The smallest absolute Gasteiger partial charge is 0.410 e. The second kappa shape index (κ2) is 8.03. The standard InChI is InChI=1S/C17H26N2O2/c1-18(2)12-10-15-9-6-11-19(13-15)17(20)21-14-16-7-4-3-5-8-16/h3-5,7-8,15H,6,9-14H2,1-2H3/t15-/m0/s1. The summed E-state index contributed by atoms with van der Waals surface area (Å²) in [5.41, 5.74) is 1.03. The van der Waals surface area contributed by atoms with E-state index in [1.165, 1.54) is 6.42 Å². The van der Waals surface area contributed by atoms with Gasteiger partial charge in [-0.25, -0.2) is 4.79 Å². The van der Waals surface area contributed by atoms with Gasteiger partial charge in [0.25, 0.3) is 0 Å². The van der Waals surface area contributed by atoms with Gasteiger partial charge in [-0.15, -0.1) is 0 Å². The first-order valence-electron chi connectivity index (χ1n) is 7.75. The van der Waals surface area contributed by atoms with Crippen LogP contribution in [0.2, 0.25) is 0 Å². The molecule has 1 saturated heterocycles. The molecule has 2 rings (SSSR count). The maximum Gasteiger partial charge on any atom is 0.410 e. The number of nitrogens with zero attached hydrogens (tertiary/aromatic N) is 2. The van der Waals surface area contributed by atoms with E-state index in [1.807, 2.05) is 35.2 Å². The van der Waals surface area contributed by atoms with Crippen molar-refractivity contribution < 1.29 is 9.53 Å². The first kappa shape index (κ1) is 15.8. The molecule has 1 aliphatic heterocycles. The van der Waals surface area contributed by atoms with Gasteiger partial charge in [0.1, 0.15) is 6.61 Å². The molecule has 1 amide bonds. The number of piperidine rings is 1. The summed E-state index contributed by atoms with van der Waals surface area (Å²) in [6.07, 6.45) is 3.28. The second-order valence-electron chi connectivity index (χ2n) is 6.09. The SMILES string of the molecule is CN(C)CC[C@@H]1CCCN(C(=O)OCc2ccccc2)C1. The van der Waals surface area contributed by atoms with Crippen LogP contribution < -0.4 is 0 Å². The van der Waals surface area contributed by atoms with E-state index in [4.69, 9.17) is 4.74 Å². The lowest BCUT2D eigenvalue weighted by atomic mass is 9.95. The van der Waals surface area contributed by atoms with Crippen molar-refractivity contribution in [2.24, 2.45) is 5.92 Å². The van der Waals surface area contributed by atoms with Crippen molar-refractivity contribution in [1.82, 2.24) is 9.80 Å². The first-order valence-corrected chi connectivity index (χ1v) is 7.75. The van der Waals surface area contributed by atoms with Crippen molar-refractivity contribution in [2.75, 3.05) is 33.7 Å². The van der Waals surface area contributed by atoms with Crippen LogP contribution in [0, 0.1) is 5.92 Å². The number of carbonyl (C=O) groups is 1. The molecule has 1 heterocycles. The van der Waals surface area contributed by atoms with Crippen LogP contribution in [0.1, 0.15) is 24.8 Å². The van der Waals surface area contributed by atoms with Crippen molar-refractivity contribution in [3.8, 4) is 0 Å². The molecule has 1 aliphatic rings. The van der Waals surface area contributed by atoms with Crippen molar-refractivity contribution in [3.05, 3.63) is 35.9 Å². The Balaban J connectivity index is 1.76. The number of hydrogen-bond acceptors (Lipinski definition) is 3. The minimum absolute atomic E-state index is 0.173. The fraction of sp³-hybridized carbons (Fsp3) is 0.588. The Bertz CT molecular complexity index is 434. The zero-order valence-electron chi connectivity index (χ0n) is 13.1. The molecule has 0 aromatic heterocycles. The van der Waals surface area contributed by atoms with Crippen LogP contribution in [0.4, 0.5) is 4.79 Å². The third-order valence-electron chi connectivity index (χ3n) is 3.97. The highest BCUT2D eigenvalue weighted by Gasteiger charge is 2.24. The van der Waals surface area contributed by atoms with Crippen molar-refractivity contribution in [2.45, 2.75) is 25.9 Å². The van der Waals surface area contributed by atoms with E-state index in [-0.39, 0.29) is 6.09 Å². The summed E-state index contributed by atoms with van der Waals surface area (Å²) in [6.45, 7) is 3.10. The highest BCUT2D eigenvalue weighted by Crippen LogP contribution is 2.20. The molecule has 0 unspecified atom stereocenters. The van der Waals surface area contributed by atoms with Crippen LogP contribution in [0.25, 0.3) is 0 Å². The van der Waals surface area contributed by atoms with Gasteiger partial charge in [0.05, 0.1) is 0 Å². The molecule has 1 fully saturated rings. The van der Waals surface area contributed by atoms with Gasteiger partial charge < -0.3 is 14.5 Å². The van der Waals surface area contributed by atoms with E-state index in [1.54, 1.807) is 0 Å². The van der Waals surface area contributed by atoms with Gasteiger partial charge >= 0.3 is 6.09 Å². The molecule has 116 valence electrons. The van der Waals surface area contributed by atoms with Gasteiger partial charge in [0.2, 0.25) is 0 Å². The lowest BCUT2D eigenvalue weighted by Gasteiger charge is -2.32. The largest absolute Gasteiger partial charge is 0.445 e. The Morgan fingerprint density at radius 3 is 2.81 bits per heavy atom. The molecule has 0 radical (unpaired) electrons. The predicted molar refractivity (Wildman–Crippen MR) is 84.1 cm³/mol. The van der Waals surface area contributed by atoms with Crippen LogP contribution >= 0.6 is 0 Å². The van der Waals surface area contributed by atoms with E-state index in [2.05, 4.69) is 19.0 Å². The summed E-state index contributed by atoms with van der Waals surface area (Å²) in [7, 11) is 4.18. The van der Waals surface area contributed by atoms with Crippen molar-refractivity contribution >= 4 is 6.09 Å². The maximum atomic E-state index is 12.1. The Morgan fingerprint density at radius 2 is 2.10 bits per heavy atom. The zero-order valence-corrected chi connectivity index (χ0v) is 13.1. The Hall–Kier alpha value is -1.55. The number of benzene rings is 1. The first-order chi connectivity index (χ1) is 10.1. The molecular weight excluding hydrogens is 264 g/mol. The van der Waals surface area contributed by atoms with Crippen LogP contribution in [-0.4, -0.2) is 49.6 Å². The van der Waals surface area contributed by atoms with E-state index in [0.717, 1.165) is 38.0 Å². The highest BCUT2D eigenvalue weighted by molar-refractivity contribution is 5.67. The topological polar surface area (TPSA) is 32.8 Å². The van der Waals surface area contributed by atoms with Crippen LogP contribution in [0.3, 0.4) is 0 Å². The summed E-state index contributed by atoms with van der Waals surface area (Å²) < 4.78 is 5.42. The highest BCUT2D eigenvalue weighted by atomic mass is 16.6. The second-order valence-corrected chi connectivity index (χ2v) is 6.09. The summed E-state index contributed by atoms with van der Waals surface area (Å²) in [5, 5.41) is 0. The molecule has 0 N–H and O–H groups in total. The molecule has 4 heteroatoms. The van der Waals surface area contributed by atoms with E-state index >= 15 is 0 Å². The Morgan fingerprint density at radius 1 is 1.33 bits per heavy atom. The lowest BCUT2D eigenvalue weighted by Crippen LogP contribution is -2.40. The summed E-state index contributed by atoms with van der Waals surface area (Å²) in [6, 6.07) is 9.83. The minimum Gasteiger partial charge on any atom is -0.445 e. The quantitative estimate of drug-likeness (QED) is 0.836. The van der Waals surface area contributed by atoms with Gasteiger partial charge in [0.15, 0.2) is 0 Å². The molecule has 4 nitrogen and oxygen atoms in total. The fourth-order valence-electron chi connectivity index (χ4n) is 2.72. The third-order valence-corrected chi connectivity index (χ3v) is 3.97. The normalized spacial score (nSPS) is 18.8. The fourth-order valence-corrected chi connectivity index (χ4v) is 2.72. The van der Waals surface area contributed by atoms with E-state index in [9.17, 15) is 4.79 Å². The lowest BCUT2D eigenvalue weighted by molar-refractivity contribution is 0.0770. The van der Waals surface area contributed by atoms with Gasteiger partial charge in [-0.1, -0.05) is 30.3 Å². The number of rotatable bonds is 5. The van der Waals surface area contributed by atoms with Crippen molar-refractivity contribution in [1.29, 1.82) is 0 Å². The van der Waals surface area contributed by atoms with Crippen molar-refractivity contribution in [3.63, 3.8) is 0 Å². The average molecular weight is 290 g/mol. The molecule has 0 aliphatic carbocycles. The van der Waals surface area contributed by atoms with Gasteiger partial charge in [-0.05, 0) is 51.4 Å². The van der Waals surface area contributed by atoms with Crippen LogP contribution in [0.15, 0.2) is 30.3 Å². The summed E-state index contributed by atoms with van der Waals surface area (Å²) in [5.74, 6) is 0.602. The molecule has 1 aromatic carbocycles. The molecular formula is C17H26N2O2. The molecule has 0 spiro atoms. The number of carbonyl (C=O) groups excluding carboxylic acids is 1. The number of amides is 1. The third kappa shape index (κ3) is 5.38. The van der Waals surface area contributed by atoms with Gasteiger partial charge in [-0.2, -0.15) is 0 Å². The monoisotopic (exact) mass is 290 g/mol. The van der Waals surface area contributed by atoms with Gasteiger partial charge in [-0.3, -0.25) is 0 Å². The van der Waals surface area contributed by atoms with Crippen LogP contribution in [0.5, 0.6) is 0 Å². The molecule has 0 bridgehead atoms. The molecule has 1 aromatic rings.